The molecule has 2 N–H and O–H groups in total. The highest BCUT2D eigenvalue weighted by Crippen LogP contribution is 2.47. The topological polar surface area (TPSA) is 134 Å². The standard InChI is InChI=1S/C38H32N4O6S3/c1-46-38(39)35(45)42-29(33(43)47-30(24-14-6-2-7-15-24)25-16-8-3-9-17-25)28(22-49-36(38)42)23-50-37-41-40-32(51-37)34(44)48-31(26-18-10-4-11-19-26)27-20-12-5-13-21-27/h2-21,30-31,36H,22-23,39H2,1H3/t36-,38-/m0/s1. The van der Waals surface area contributed by atoms with E-state index in [1.807, 2.05) is 121 Å². The van der Waals surface area contributed by atoms with Gasteiger partial charge in [0.1, 0.15) is 11.1 Å². The van der Waals surface area contributed by atoms with Crippen LogP contribution < -0.4 is 5.73 Å². The molecule has 10 nitrogen and oxygen atoms in total. The molecule has 0 unspecified atom stereocenters. The lowest BCUT2D eigenvalue weighted by molar-refractivity contribution is -0.183. The van der Waals surface area contributed by atoms with Crippen molar-refractivity contribution >= 4 is 52.7 Å². The van der Waals surface area contributed by atoms with E-state index in [9.17, 15) is 14.4 Å². The van der Waals surface area contributed by atoms with Crippen LogP contribution in [-0.4, -0.2) is 62.7 Å². The first-order chi connectivity index (χ1) is 24.9. The monoisotopic (exact) mass is 736 g/mol. The van der Waals surface area contributed by atoms with Gasteiger partial charge in [-0.25, -0.2) is 9.59 Å². The Kier molecular flexibility index (Phi) is 10.3. The summed E-state index contributed by atoms with van der Waals surface area (Å²) in [6, 6.07) is 37.8. The van der Waals surface area contributed by atoms with E-state index in [-0.39, 0.29) is 16.5 Å². The van der Waals surface area contributed by atoms with E-state index in [4.69, 9.17) is 19.9 Å². The van der Waals surface area contributed by atoms with Crippen molar-refractivity contribution in [1.29, 1.82) is 0 Å². The van der Waals surface area contributed by atoms with Crippen LogP contribution in [0.5, 0.6) is 0 Å². The van der Waals surface area contributed by atoms with Gasteiger partial charge >= 0.3 is 11.9 Å². The zero-order valence-electron chi connectivity index (χ0n) is 27.3. The van der Waals surface area contributed by atoms with Gasteiger partial charge in [-0.1, -0.05) is 144 Å². The predicted octanol–water partition coefficient (Wildman–Crippen LogP) is 6.38. The third-order valence-corrected chi connectivity index (χ3v) is 12.0. The minimum absolute atomic E-state index is 0.0977. The highest BCUT2D eigenvalue weighted by atomic mass is 32.2. The fourth-order valence-corrected chi connectivity index (χ4v) is 9.16. The molecule has 0 saturated carbocycles. The van der Waals surface area contributed by atoms with Crippen LogP contribution in [0.4, 0.5) is 0 Å². The van der Waals surface area contributed by atoms with E-state index in [1.54, 1.807) is 0 Å². The van der Waals surface area contributed by atoms with E-state index >= 15 is 0 Å². The summed E-state index contributed by atoms with van der Waals surface area (Å²) < 4.78 is 18.1. The van der Waals surface area contributed by atoms with Crippen LogP contribution in [0.25, 0.3) is 0 Å². The van der Waals surface area contributed by atoms with Gasteiger partial charge in [0.25, 0.3) is 5.91 Å². The summed E-state index contributed by atoms with van der Waals surface area (Å²) in [4.78, 5) is 42.3. The second-order valence-electron chi connectivity index (χ2n) is 11.7. The van der Waals surface area contributed by atoms with Gasteiger partial charge in [0.05, 0.1) is 0 Å². The molecule has 3 heterocycles. The molecule has 2 aliphatic rings. The lowest BCUT2D eigenvalue weighted by Gasteiger charge is -2.54. The Morgan fingerprint density at radius 3 is 1.75 bits per heavy atom. The molecule has 5 aromatic rings. The van der Waals surface area contributed by atoms with Gasteiger partial charge in [-0.2, -0.15) is 0 Å². The molecule has 1 aromatic heterocycles. The number of fused-ring (bicyclic) bond motifs is 1. The van der Waals surface area contributed by atoms with Gasteiger partial charge in [-0.15, -0.1) is 22.0 Å². The number of amides is 1. The Labute approximate surface area is 307 Å². The molecule has 7 rings (SSSR count). The van der Waals surface area contributed by atoms with E-state index in [0.717, 1.165) is 33.6 Å². The normalized spacial score (nSPS) is 18.4. The first-order valence-electron chi connectivity index (χ1n) is 16.0. The molecule has 1 fully saturated rings. The summed E-state index contributed by atoms with van der Waals surface area (Å²) in [6.07, 6.45) is -1.35. The molecule has 258 valence electrons. The van der Waals surface area contributed by atoms with E-state index in [1.165, 1.54) is 35.5 Å². The van der Waals surface area contributed by atoms with Crippen molar-refractivity contribution in [2.45, 2.75) is 27.6 Å². The van der Waals surface area contributed by atoms with E-state index in [0.29, 0.717) is 15.7 Å². The number of β-lactam (4-membered cyclic amide) rings is 1. The Morgan fingerprint density at radius 2 is 1.27 bits per heavy atom. The van der Waals surface area contributed by atoms with Crippen LogP contribution in [-0.2, 0) is 23.8 Å². The van der Waals surface area contributed by atoms with Crippen molar-refractivity contribution in [3.63, 3.8) is 0 Å². The molecular weight excluding hydrogens is 705 g/mol. The SMILES string of the molecule is CO[C@@]1(N)C(=O)N2C(C(=O)OC(c3ccccc3)c3ccccc3)=C(CSc3nnc(C(=O)OC(c4ccccc4)c4ccccc4)s3)CS[C@H]21. The van der Waals surface area contributed by atoms with Gasteiger partial charge in [0.15, 0.2) is 16.5 Å². The zero-order valence-corrected chi connectivity index (χ0v) is 29.7. The van der Waals surface area contributed by atoms with Crippen LogP contribution in [0.1, 0.15) is 44.3 Å². The summed E-state index contributed by atoms with van der Waals surface area (Å²) in [6.45, 7) is 0. The van der Waals surface area contributed by atoms with E-state index < -0.39 is 41.2 Å². The average molecular weight is 737 g/mol. The Bertz CT molecular complexity index is 1970. The fraction of sp³-hybridized carbons (Fsp3) is 0.184. The number of hydrogen-bond donors (Lipinski definition) is 1. The Morgan fingerprint density at radius 1 is 0.804 bits per heavy atom. The molecule has 13 heteroatoms. The number of methoxy groups -OCH3 is 1. The highest BCUT2D eigenvalue weighted by Gasteiger charge is 2.63. The minimum Gasteiger partial charge on any atom is -0.448 e. The zero-order chi connectivity index (χ0) is 35.4. The molecule has 1 saturated heterocycles. The number of nitrogens with zero attached hydrogens (tertiary/aromatic N) is 3. The van der Waals surface area contributed by atoms with Crippen LogP contribution in [0.15, 0.2) is 137 Å². The quantitative estimate of drug-likeness (QED) is 0.0662. The number of benzene rings is 4. The number of carbonyl (C=O) groups excluding carboxylic acids is 3. The molecule has 1 amide bonds. The molecule has 0 spiro atoms. The number of aromatic nitrogens is 2. The van der Waals surface area contributed by atoms with Crippen molar-refractivity contribution in [3.05, 3.63) is 160 Å². The number of hydrogen-bond acceptors (Lipinski definition) is 12. The van der Waals surface area contributed by atoms with E-state index in [2.05, 4.69) is 10.2 Å². The van der Waals surface area contributed by atoms with Gasteiger partial charge in [0.2, 0.25) is 10.7 Å². The summed E-state index contributed by atoms with van der Waals surface area (Å²) in [5.74, 6) is -1.12. The van der Waals surface area contributed by atoms with Crippen molar-refractivity contribution in [2.75, 3.05) is 18.6 Å². The first kappa shape index (κ1) is 34.6. The Balaban J connectivity index is 1.13. The molecule has 0 radical (unpaired) electrons. The molecular formula is C38H32N4O6S3. The molecule has 4 aromatic carbocycles. The molecule has 51 heavy (non-hydrogen) atoms. The van der Waals surface area contributed by atoms with Crippen molar-refractivity contribution in [2.24, 2.45) is 5.73 Å². The van der Waals surface area contributed by atoms with Crippen LogP contribution in [0, 0.1) is 0 Å². The number of esters is 2. The Hall–Kier alpha value is -4.79. The largest absolute Gasteiger partial charge is 0.448 e. The molecule has 2 atom stereocenters. The smallest absolute Gasteiger partial charge is 0.370 e. The van der Waals surface area contributed by atoms with Crippen molar-refractivity contribution in [1.82, 2.24) is 15.1 Å². The molecule has 0 aliphatic carbocycles. The second kappa shape index (κ2) is 15.2. The third kappa shape index (κ3) is 7.08. The fourth-order valence-electron chi connectivity index (χ4n) is 5.89. The molecule has 0 bridgehead atoms. The third-order valence-electron chi connectivity index (χ3n) is 8.49. The minimum atomic E-state index is -1.56. The summed E-state index contributed by atoms with van der Waals surface area (Å²) in [5.41, 5.74) is 8.77. The molecule has 2 aliphatic heterocycles. The maximum Gasteiger partial charge on any atom is 0.370 e. The number of ether oxygens (including phenoxy) is 3. The number of thioether (sulfide) groups is 2. The maximum atomic E-state index is 14.2. The lowest BCUT2D eigenvalue weighted by Crippen LogP contribution is -2.78. The van der Waals surface area contributed by atoms with Gasteiger partial charge in [-0.3, -0.25) is 15.4 Å². The second-order valence-corrected chi connectivity index (χ2v) is 14.9. The number of nitrogens with two attached hydrogens (primary N) is 1. The number of rotatable bonds is 12. The summed E-state index contributed by atoms with van der Waals surface area (Å²) in [7, 11) is 1.38. The summed E-state index contributed by atoms with van der Waals surface area (Å²) >= 11 is 3.80. The van der Waals surface area contributed by atoms with Crippen molar-refractivity contribution in [3.8, 4) is 0 Å². The predicted molar refractivity (Wildman–Crippen MR) is 196 cm³/mol. The highest BCUT2D eigenvalue weighted by molar-refractivity contribution is 8.01. The van der Waals surface area contributed by atoms with Gasteiger partial charge in [-0.05, 0) is 27.8 Å². The maximum absolute atomic E-state index is 14.2. The average Bonchev–Trinajstić information content (AvgIpc) is 3.68. The van der Waals surface area contributed by atoms with Crippen LogP contribution in [0.3, 0.4) is 0 Å². The first-order valence-corrected chi connectivity index (χ1v) is 18.8. The van der Waals surface area contributed by atoms with Gasteiger partial charge in [0, 0.05) is 18.6 Å². The van der Waals surface area contributed by atoms with Crippen LogP contribution >= 0.6 is 34.9 Å². The van der Waals surface area contributed by atoms with Crippen molar-refractivity contribution < 1.29 is 28.6 Å². The number of carbonyl (C=O) groups is 3. The van der Waals surface area contributed by atoms with Crippen LogP contribution in [0.2, 0.25) is 0 Å². The van der Waals surface area contributed by atoms with Gasteiger partial charge < -0.3 is 14.2 Å². The summed E-state index contributed by atoms with van der Waals surface area (Å²) in [5, 5.41) is 7.85. The lowest BCUT2D eigenvalue weighted by atomic mass is 9.99.